The van der Waals surface area contributed by atoms with E-state index in [0.717, 1.165) is 25.7 Å². The van der Waals surface area contributed by atoms with Crippen LogP contribution in [0.3, 0.4) is 0 Å². The third kappa shape index (κ3) is 7.08. The maximum Gasteiger partial charge on any atom is 0.313 e. The minimum absolute atomic E-state index is 0.0615. The zero-order valence-corrected chi connectivity index (χ0v) is 28.1. The predicted molar refractivity (Wildman–Crippen MR) is 171 cm³/mol. The van der Waals surface area contributed by atoms with Crippen LogP contribution in [0.5, 0.6) is 0 Å². The van der Waals surface area contributed by atoms with Crippen LogP contribution in [-0.2, 0) is 19.1 Å². The Morgan fingerprint density at radius 1 is 1.00 bits per heavy atom. The van der Waals surface area contributed by atoms with Gasteiger partial charge >= 0.3 is 11.9 Å². The van der Waals surface area contributed by atoms with Crippen LogP contribution in [0.2, 0.25) is 0 Å². The molecule has 2 saturated carbocycles. The molecule has 0 aromatic heterocycles. The van der Waals surface area contributed by atoms with Gasteiger partial charge in [-0.25, -0.2) is 0 Å². The second-order valence-corrected chi connectivity index (χ2v) is 14.3. The average Bonchev–Trinajstić information content (AvgIpc) is 3.38. The third-order valence-corrected chi connectivity index (χ3v) is 10.9. The lowest BCUT2D eigenvalue weighted by molar-refractivity contribution is -0.209. The number of allylic oxidation sites excluding steroid dienone is 2. The summed E-state index contributed by atoms with van der Waals surface area (Å²) in [6, 6.07) is 0. The number of hydrogen-bond donors (Lipinski definition) is 5. The van der Waals surface area contributed by atoms with Gasteiger partial charge < -0.3 is 30.3 Å². The minimum Gasteiger partial charge on any atom is -0.393 e. The van der Waals surface area contributed by atoms with E-state index >= 15 is 0 Å². The number of ether oxygens (including phenoxy) is 1. The van der Waals surface area contributed by atoms with E-state index in [1.165, 1.54) is 39.0 Å². The summed E-state index contributed by atoms with van der Waals surface area (Å²) in [6.45, 7) is 10.1. The van der Waals surface area contributed by atoms with Crippen molar-refractivity contribution in [2.45, 2.75) is 135 Å². The molecule has 0 spiro atoms. The largest absolute Gasteiger partial charge is 0.393 e. The second-order valence-electron chi connectivity index (χ2n) is 14.3. The number of rotatable bonds is 12. The van der Waals surface area contributed by atoms with E-state index in [0.29, 0.717) is 17.6 Å². The normalized spacial score (nSPS) is 36.1. The molecule has 9 heteroatoms. The predicted octanol–water partition coefficient (Wildman–Crippen LogP) is 4.48. The second kappa shape index (κ2) is 14.7. The van der Waals surface area contributed by atoms with E-state index < -0.39 is 69.7 Å². The van der Waals surface area contributed by atoms with Crippen molar-refractivity contribution in [2.75, 3.05) is 6.61 Å². The first-order chi connectivity index (χ1) is 21.0. The fourth-order valence-electron chi connectivity index (χ4n) is 8.28. The Kier molecular flexibility index (Phi) is 12.2. The summed E-state index contributed by atoms with van der Waals surface area (Å²) in [5.41, 5.74) is -4.57. The van der Waals surface area contributed by atoms with E-state index in [-0.39, 0.29) is 13.0 Å². The number of hydrogen-bond acceptors (Lipinski definition) is 9. The molecule has 45 heavy (non-hydrogen) atoms. The van der Waals surface area contributed by atoms with Gasteiger partial charge in [-0.1, -0.05) is 84.1 Å². The molecule has 9 nitrogen and oxygen atoms in total. The summed E-state index contributed by atoms with van der Waals surface area (Å²) in [7, 11) is 0. The van der Waals surface area contributed by atoms with Gasteiger partial charge in [0, 0.05) is 48.9 Å². The summed E-state index contributed by atoms with van der Waals surface area (Å²) in [6.07, 6.45) is 17.3. The Bertz CT molecular complexity index is 1180. The molecule has 5 N–H and O–H groups in total. The van der Waals surface area contributed by atoms with Gasteiger partial charge in [0.25, 0.3) is 0 Å². The lowest BCUT2D eigenvalue weighted by Crippen LogP contribution is -2.65. The summed E-state index contributed by atoms with van der Waals surface area (Å²) in [5.74, 6) is -4.05. The topological polar surface area (TPSA) is 162 Å². The van der Waals surface area contributed by atoms with Crippen LogP contribution in [0.15, 0.2) is 35.5 Å². The summed E-state index contributed by atoms with van der Waals surface area (Å²) < 4.78 is 4.46. The van der Waals surface area contributed by atoms with Crippen LogP contribution in [-0.4, -0.2) is 72.8 Å². The fraction of sp³-hybridized carbons (Fsp3) is 0.750. The van der Waals surface area contributed by atoms with E-state index in [1.807, 2.05) is 13.8 Å². The van der Waals surface area contributed by atoms with Gasteiger partial charge in [-0.2, -0.15) is 0 Å². The number of aliphatic hydroxyl groups is 5. The average molecular weight is 633 g/mol. The Hall–Kier alpha value is -2.17. The number of esters is 2. The highest BCUT2D eigenvalue weighted by Gasteiger charge is 2.84. The van der Waals surface area contributed by atoms with Crippen LogP contribution in [0, 0.1) is 29.1 Å². The SMILES string of the molecule is CC1=C[C@H]2[C@]3(O)[C@H](C)[C@@H](O)[C@@]4(O)[C@H]([C@@H]3C=C(CO)C[C@@]2(O)C1=O)C4(C)C.CCCCC=CCCCCCCCC(=O)OC(C)=O. The number of Topliss-reactive ketones (excluding diaryl/α,β-unsaturated/α-hetero) is 1. The van der Waals surface area contributed by atoms with Gasteiger partial charge in [-0.05, 0) is 43.8 Å². The van der Waals surface area contributed by atoms with Crippen LogP contribution >= 0.6 is 0 Å². The molecule has 0 amide bonds. The monoisotopic (exact) mass is 632 g/mol. The minimum atomic E-state index is -1.84. The Morgan fingerprint density at radius 2 is 1.60 bits per heavy atom. The molecule has 4 aliphatic carbocycles. The van der Waals surface area contributed by atoms with E-state index in [2.05, 4.69) is 23.8 Å². The summed E-state index contributed by atoms with van der Waals surface area (Å²) >= 11 is 0. The van der Waals surface area contributed by atoms with E-state index in [1.54, 1.807) is 26.0 Å². The Balaban J connectivity index is 0.000000261. The van der Waals surface area contributed by atoms with Gasteiger partial charge in [-0.3, -0.25) is 14.4 Å². The molecule has 8 atom stereocenters. The fourth-order valence-corrected chi connectivity index (χ4v) is 8.28. The number of carbonyl (C=O) groups is 3. The van der Waals surface area contributed by atoms with Crippen molar-refractivity contribution in [1.82, 2.24) is 0 Å². The number of aliphatic hydroxyl groups excluding tert-OH is 2. The van der Waals surface area contributed by atoms with Crippen molar-refractivity contribution in [3.05, 3.63) is 35.5 Å². The molecule has 0 aliphatic heterocycles. The molecule has 4 aliphatic rings. The molecule has 4 rings (SSSR count). The Morgan fingerprint density at radius 3 is 2.20 bits per heavy atom. The first-order valence-corrected chi connectivity index (χ1v) is 16.8. The van der Waals surface area contributed by atoms with Gasteiger partial charge in [0.05, 0.1) is 18.3 Å². The lowest BCUT2D eigenvalue weighted by atomic mass is 9.59. The molecule has 0 heterocycles. The molecule has 0 radical (unpaired) electrons. The smallest absolute Gasteiger partial charge is 0.313 e. The molecular formula is C36H56O9. The van der Waals surface area contributed by atoms with Crippen molar-refractivity contribution < 1.29 is 44.7 Å². The highest BCUT2D eigenvalue weighted by Crippen LogP contribution is 2.74. The highest BCUT2D eigenvalue weighted by atomic mass is 16.6. The number of carbonyl (C=O) groups excluding carboxylic acids is 3. The molecule has 0 bridgehead atoms. The first kappa shape index (κ1) is 37.3. The molecule has 0 aromatic rings. The molecule has 0 saturated heterocycles. The maximum atomic E-state index is 12.7. The molecule has 0 unspecified atom stereocenters. The van der Waals surface area contributed by atoms with E-state index in [9.17, 15) is 39.9 Å². The van der Waals surface area contributed by atoms with Crippen molar-refractivity contribution in [2.24, 2.45) is 29.1 Å². The van der Waals surface area contributed by atoms with Crippen LogP contribution in [0.25, 0.3) is 0 Å². The third-order valence-electron chi connectivity index (χ3n) is 10.9. The molecule has 2 fully saturated rings. The van der Waals surface area contributed by atoms with Crippen LogP contribution in [0.1, 0.15) is 112 Å². The molecular weight excluding hydrogens is 576 g/mol. The maximum absolute atomic E-state index is 12.7. The van der Waals surface area contributed by atoms with Crippen molar-refractivity contribution in [3.63, 3.8) is 0 Å². The first-order valence-electron chi connectivity index (χ1n) is 16.8. The van der Waals surface area contributed by atoms with E-state index in [4.69, 9.17) is 0 Å². The Labute approximate surface area is 268 Å². The quantitative estimate of drug-likeness (QED) is 0.0904. The van der Waals surface area contributed by atoms with Gasteiger partial charge in [0.1, 0.15) is 11.2 Å². The van der Waals surface area contributed by atoms with Gasteiger partial charge in [-0.15, -0.1) is 0 Å². The number of unbranched alkanes of at least 4 members (excludes halogenated alkanes) is 7. The summed E-state index contributed by atoms with van der Waals surface area (Å²) in [5, 5.41) is 54.9. The van der Waals surface area contributed by atoms with Crippen LogP contribution in [0.4, 0.5) is 0 Å². The highest BCUT2D eigenvalue weighted by molar-refractivity contribution is 6.04. The van der Waals surface area contributed by atoms with Crippen molar-refractivity contribution in [1.29, 1.82) is 0 Å². The zero-order chi connectivity index (χ0) is 33.8. The van der Waals surface area contributed by atoms with Crippen LogP contribution < -0.4 is 0 Å². The number of ketones is 1. The van der Waals surface area contributed by atoms with Gasteiger partial charge in [0.2, 0.25) is 0 Å². The van der Waals surface area contributed by atoms with Gasteiger partial charge in [0.15, 0.2) is 5.78 Å². The molecule has 254 valence electrons. The lowest BCUT2D eigenvalue weighted by Gasteiger charge is -2.51. The van der Waals surface area contributed by atoms with Crippen molar-refractivity contribution >= 4 is 17.7 Å². The zero-order valence-electron chi connectivity index (χ0n) is 28.1. The van der Waals surface area contributed by atoms with Crippen molar-refractivity contribution in [3.8, 4) is 0 Å². The number of fused-ring (bicyclic) bond motifs is 5. The molecule has 0 aromatic carbocycles. The summed E-state index contributed by atoms with van der Waals surface area (Å²) in [4.78, 5) is 34.3. The standard InChI is InChI=1S/C20H28O6.C16H28O3/c1-9-5-13-18(24,15(9)22)7-11(8-21)6-12-14-17(3,4)20(14,26)16(23)10(2)19(12,13)25;1-3-4-5-6-7-8-9-10-11-12-13-14-16(18)19-15(2)17/h5-6,10,12-14,16,21,23-26H,7-8H2,1-4H3;6-7H,3-5,8-14H2,1-2H3/t10-,12+,13-,14-,16-,18+,19+,20+;/m1./s1.